The second-order valence-corrected chi connectivity index (χ2v) is 3.84. The van der Waals surface area contributed by atoms with Crippen molar-refractivity contribution in [2.24, 2.45) is 5.73 Å². The summed E-state index contributed by atoms with van der Waals surface area (Å²) in [6.45, 7) is 4.71. The molecule has 0 unspecified atom stereocenters. The topological polar surface area (TPSA) is 35.2 Å². The Labute approximate surface area is 94.0 Å². The van der Waals surface area contributed by atoms with Gasteiger partial charge in [-0.25, -0.2) is 0 Å². The predicted octanol–water partition coefficient (Wildman–Crippen LogP) is 2.95. The fourth-order valence-corrected chi connectivity index (χ4v) is 1.58. The molecule has 1 rings (SSSR count). The zero-order valence-corrected chi connectivity index (χ0v) is 9.74. The molecule has 0 fully saturated rings. The van der Waals surface area contributed by atoms with Crippen LogP contribution in [0, 0.1) is 13.8 Å². The summed E-state index contributed by atoms with van der Waals surface area (Å²) in [7, 11) is 0. The average molecular weight is 234 g/mol. The molecule has 0 atom stereocenters. The van der Waals surface area contributed by atoms with Gasteiger partial charge < -0.3 is 10.5 Å². The van der Waals surface area contributed by atoms with Crippen molar-refractivity contribution in [2.75, 3.05) is 13.2 Å². The average Bonchev–Trinajstić information content (AvgIpc) is 2.18. The third-order valence-electron chi connectivity index (χ3n) is 1.94. The summed E-state index contributed by atoms with van der Waals surface area (Å²) >= 11 is 12.1. The highest BCUT2D eigenvalue weighted by atomic mass is 35.5. The van der Waals surface area contributed by atoms with Crippen LogP contribution in [0.3, 0.4) is 0 Å². The van der Waals surface area contributed by atoms with Gasteiger partial charge in [0.05, 0.1) is 5.02 Å². The Bertz CT molecular complexity index is 339. The van der Waals surface area contributed by atoms with Gasteiger partial charge >= 0.3 is 0 Å². The zero-order valence-electron chi connectivity index (χ0n) is 8.23. The highest BCUT2D eigenvalue weighted by Gasteiger charge is 2.10. The van der Waals surface area contributed by atoms with Crippen molar-refractivity contribution in [1.29, 1.82) is 0 Å². The number of benzene rings is 1. The molecule has 4 heteroatoms. The molecular weight excluding hydrogens is 221 g/mol. The lowest BCUT2D eigenvalue weighted by Crippen LogP contribution is -2.11. The Morgan fingerprint density at radius 2 is 1.93 bits per heavy atom. The van der Waals surface area contributed by atoms with Crippen LogP contribution in [0.2, 0.25) is 10.0 Å². The summed E-state index contributed by atoms with van der Waals surface area (Å²) in [5.74, 6) is 0.650. The fraction of sp³-hybridized carbons (Fsp3) is 0.400. The number of rotatable bonds is 3. The van der Waals surface area contributed by atoms with E-state index in [1.54, 1.807) is 0 Å². The van der Waals surface area contributed by atoms with Gasteiger partial charge in [-0.1, -0.05) is 23.2 Å². The van der Waals surface area contributed by atoms with Crippen molar-refractivity contribution in [3.63, 3.8) is 0 Å². The van der Waals surface area contributed by atoms with Crippen molar-refractivity contribution in [1.82, 2.24) is 0 Å². The van der Waals surface area contributed by atoms with E-state index in [-0.39, 0.29) is 0 Å². The van der Waals surface area contributed by atoms with Crippen LogP contribution in [-0.4, -0.2) is 13.2 Å². The summed E-state index contributed by atoms with van der Waals surface area (Å²) in [5, 5.41) is 1.25. The van der Waals surface area contributed by atoms with Gasteiger partial charge in [0.2, 0.25) is 0 Å². The Balaban J connectivity index is 3.06. The SMILES string of the molecule is Cc1cc(OCCN)c(Cl)c(C)c1Cl. The van der Waals surface area contributed by atoms with Crippen molar-refractivity contribution in [3.8, 4) is 5.75 Å². The van der Waals surface area contributed by atoms with E-state index < -0.39 is 0 Å². The zero-order chi connectivity index (χ0) is 10.7. The lowest BCUT2D eigenvalue weighted by atomic mass is 10.1. The van der Waals surface area contributed by atoms with E-state index in [4.69, 9.17) is 33.7 Å². The van der Waals surface area contributed by atoms with E-state index in [1.165, 1.54) is 0 Å². The van der Waals surface area contributed by atoms with E-state index >= 15 is 0 Å². The number of nitrogens with two attached hydrogens (primary N) is 1. The molecule has 0 saturated heterocycles. The van der Waals surface area contributed by atoms with Gasteiger partial charge in [0, 0.05) is 11.6 Å². The van der Waals surface area contributed by atoms with Crippen LogP contribution < -0.4 is 10.5 Å². The second kappa shape index (κ2) is 4.87. The highest BCUT2D eigenvalue weighted by Crippen LogP contribution is 2.35. The second-order valence-electron chi connectivity index (χ2n) is 3.08. The third kappa shape index (κ3) is 2.32. The number of hydrogen-bond acceptors (Lipinski definition) is 2. The predicted molar refractivity (Wildman–Crippen MR) is 60.5 cm³/mol. The summed E-state index contributed by atoms with van der Waals surface area (Å²) in [6, 6.07) is 1.83. The van der Waals surface area contributed by atoms with Crippen LogP contribution in [-0.2, 0) is 0 Å². The summed E-state index contributed by atoms with van der Waals surface area (Å²) < 4.78 is 5.39. The summed E-state index contributed by atoms with van der Waals surface area (Å²) in [5.41, 5.74) is 7.14. The van der Waals surface area contributed by atoms with Crippen LogP contribution in [0.25, 0.3) is 0 Å². The molecule has 1 aromatic rings. The molecule has 0 heterocycles. The van der Waals surface area contributed by atoms with Crippen molar-refractivity contribution in [3.05, 3.63) is 27.2 Å². The maximum Gasteiger partial charge on any atom is 0.138 e. The minimum absolute atomic E-state index is 0.459. The van der Waals surface area contributed by atoms with Crippen LogP contribution >= 0.6 is 23.2 Å². The Kier molecular flexibility index (Phi) is 4.05. The van der Waals surface area contributed by atoms with Gasteiger partial charge in [-0.05, 0) is 31.0 Å². The molecule has 1 aromatic carbocycles. The quantitative estimate of drug-likeness (QED) is 0.872. The van der Waals surface area contributed by atoms with Gasteiger partial charge in [-0.15, -0.1) is 0 Å². The monoisotopic (exact) mass is 233 g/mol. The van der Waals surface area contributed by atoms with Crippen LogP contribution in [0.1, 0.15) is 11.1 Å². The molecule has 2 N–H and O–H groups in total. The lowest BCUT2D eigenvalue weighted by Gasteiger charge is -2.11. The number of aryl methyl sites for hydroxylation is 1. The summed E-state index contributed by atoms with van der Waals surface area (Å²) in [6.07, 6.45) is 0. The molecule has 0 radical (unpaired) electrons. The molecule has 0 bridgehead atoms. The van der Waals surface area contributed by atoms with Gasteiger partial charge in [-0.2, -0.15) is 0 Å². The van der Waals surface area contributed by atoms with Crippen LogP contribution in [0.15, 0.2) is 6.07 Å². The van der Waals surface area contributed by atoms with E-state index in [1.807, 2.05) is 19.9 Å². The molecule has 0 saturated carbocycles. The lowest BCUT2D eigenvalue weighted by molar-refractivity contribution is 0.328. The molecule has 14 heavy (non-hydrogen) atoms. The largest absolute Gasteiger partial charge is 0.491 e. The number of halogens is 2. The normalized spacial score (nSPS) is 10.4. The van der Waals surface area contributed by atoms with Crippen molar-refractivity contribution >= 4 is 23.2 Å². The maximum absolute atomic E-state index is 6.06. The van der Waals surface area contributed by atoms with E-state index in [0.29, 0.717) is 28.9 Å². The molecule has 0 aliphatic heterocycles. The molecule has 0 spiro atoms. The van der Waals surface area contributed by atoms with Crippen molar-refractivity contribution < 1.29 is 4.74 Å². The molecule has 0 aliphatic carbocycles. The number of ether oxygens (including phenoxy) is 1. The van der Waals surface area contributed by atoms with Gasteiger partial charge in [0.1, 0.15) is 12.4 Å². The fourth-order valence-electron chi connectivity index (χ4n) is 1.17. The van der Waals surface area contributed by atoms with Crippen LogP contribution in [0.5, 0.6) is 5.75 Å². The Morgan fingerprint density at radius 1 is 1.29 bits per heavy atom. The minimum Gasteiger partial charge on any atom is -0.491 e. The highest BCUT2D eigenvalue weighted by molar-refractivity contribution is 6.37. The standard InChI is InChI=1S/C10H13Cl2NO/c1-6-5-8(14-4-3-13)10(12)7(2)9(6)11/h5H,3-4,13H2,1-2H3. The van der Waals surface area contributed by atoms with Crippen molar-refractivity contribution in [2.45, 2.75) is 13.8 Å². The first-order chi connectivity index (χ1) is 6.57. The van der Waals surface area contributed by atoms with E-state index in [2.05, 4.69) is 0 Å². The minimum atomic E-state index is 0.459. The molecule has 2 nitrogen and oxygen atoms in total. The first-order valence-corrected chi connectivity index (χ1v) is 5.11. The first kappa shape index (κ1) is 11.6. The Hall–Kier alpha value is -0.440. The van der Waals surface area contributed by atoms with Crippen LogP contribution in [0.4, 0.5) is 0 Å². The van der Waals surface area contributed by atoms with Gasteiger partial charge in [0.15, 0.2) is 0 Å². The molecule has 78 valence electrons. The molecule has 0 aromatic heterocycles. The first-order valence-electron chi connectivity index (χ1n) is 4.36. The smallest absolute Gasteiger partial charge is 0.138 e. The maximum atomic E-state index is 6.06. The molecule has 0 aliphatic rings. The molecular formula is C10H13Cl2NO. The Morgan fingerprint density at radius 3 is 2.50 bits per heavy atom. The van der Waals surface area contributed by atoms with E-state index in [9.17, 15) is 0 Å². The number of hydrogen-bond donors (Lipinski definition) is 1. The summed E-state index contributed by atoms with van der Waals surface area (Å²) in [4.78, 5) is 0. The van der Waals surface area contributed by atoms with Gasteiger partial charge in [-0.3, -0.25) is 0 Å². The van der Waals surface area contributed by atoms with Gasteiger partial charge in [0.25, 0.3) is 0 Å². The molecule has 0 amide bonds. The van der Waals surface area contributed by atoms with E-state index in [0.717, 1.165) is 11.1 Å². The third-order valence-corrected chi connectivity index (χ3v) is 3.00.